The lowest BCUT2D eigenvalue weighted by Crippen LogP contribution is -2.30. The number of fused-ring (bicyclic) bond motifs is 6. The molecule has 0 saturated carbocycles. The Balaban J connectivity index is 1.08. The van der Waals surface area contributed by atoms with E-state index < -0.39 is 0 Å². The Kier molecular flexibility index (Phi) is 7.40. The van der Waals surface area contributed by atoms with E-state index >= 15 is 0 Å². The van der Waals surface area contributed by atoms with E-state index in [0.29, 0.717) is 5.92 Å². The van der Waals surface area contributed by atoms with Crippen molar-refractivity contribution in [2.45, 2.75) is 44.1 Å². The fourth-order valence-electron chi connectivity index (χ4n) is 9.52. The van der Waals surface area contributed by atoms with Crippen LogP contribution >= 0.6 is 0 Å². The average Bonchev–Trinajstić information content (AvgIpc) is 3.88. The van der Waals surface area contributed by atoms with Gasteiger partial charge in [0.25, 0.3) is 0 Å². The molecule has 6 aromatic carbocycles. The Bertz CT molecular complexity index is 2590. The fourth-order valence-corrected chi connectivity index (χ4v) is 9.52. The molecule has 0 saturated heterocycles. The molecule has 4 heteroatoms. The van der Waals surface area contributed by atoms with Crippen LogP contribution in [0.5, 0.6) is 0 Å². The van der Waals surface area contributed by atoms with Crippen LogP contribution in [-0.4, -0.2) is 14.5 Å². The zero-order valence-electron chi connectivity index (χ0n) is 30.0. The van der Waals surface area contributed by atoms with Gasteiger partial charge in [-0.05, 0) is 101 Å². The molecule has 0 amide bonds. The maximum Gasteiger partial charge on any atom is 0.145 e. The van der Waals surface area contributed by atoms with Gasteiger partial charge in [-0.2, -0.15) is 0 Å². The van der Waals surface area contributed by atoms with Crippen LogP contribution in [0.4, 0.5) is 11.4 Å². The van der Waals surface area contributed by atoms with Crippen LogP contribution in [-0.2, 0) is 5.41 Å². The van der Waals surface area contributed by atoms with E-state index in [9.17, 15) is 0 Å². The van der Waals surface area contributed by atoms with E-state index in [0.717, 1.165) is 46.6 Å². The van der Waals surface area contributed by atoms with Gasteiger partial charge in [-0.1, -0.05) is 117 Å². The van der Waals surface area contributed by atoms with Crippen LogP contribution in [0.15, 0.2) is 170 Å². The minimum Gasteiger partial charge on any atom is -0.333 e. The molecule has 0 N–H and O–H groups in total. The highest BCUT2D eigenvalue weighted by molar-refractivity contribution is 5.84. The molecule has 2 aromatic heterocycles. The second kappa shape index (κ2) is 12.5. The summed E-state index contributed by atoms with van der Waals surface area (Å²) < 4.78 is 2.27. The van der Waals surface area contributed by atoms with Crippen molar-refractivity contribution in [2.75, 3.05) is 4.90 Å². The number of benzene rings is 6. The van der Waals surface area contributed by atoms with Crippen molar-refractivity contribution < 1.29 is 0 Å². The molecule has 0 fully saturated rings. The van der Waals surface area contributed by atoms with Crippen LogP contribution in [0.1, 0.15) is 55.3 Å². The lowest BCUT2D eigenvalue weighted by atomic mass is 9.68. The topological polar surface area (TPSA) is 34.0 Å². The normalized spacial score (nSPS) is 16.8. The minimum absolute atomic E-state index is 0.0164. The molecule has 1 aliphatic heterocycles. The number of hydrogen-bond donors (Lipinski definition) is 0. The fraction of sp³-hybridized carbons (Fsp3) is 0.143. The third-order valence-electron chi connectivity index (χ3n) is 12.0. The predicted molar refractivity (Wildman–Crippen MR) is 218 cm³/mol. The van der Waals surface area contributed by atoms with E-state index in [-0.39, 0.29) is 11.5 Å². The van der Waals surface area contributed by atoms with Crippen LogP contribution in [0.25, 0.3) is 50.5 Å². The van der Waals surface area contributed by atoms with Crippen LogP contribution < -0.4 is 4.90 Å². The second-order valence-corrected chi connectivity index (χ2v) is 14.5. The molecule has 2 aliphatic rings. The van der Waals surface area contributed by atoms with Gasteiger partial charge in [-0.25, -0.2) is 4.98 Å². The van der Waals surface area contributed by atoms with E-state index in [4.69, 9.17) is 9.97 Å². The monoisotopic (exact) mass is 684 g/mol. The molecule has 4 nitrogen and oxygen atoms in total. The van der Waals surface area contributed by atoms with Gasteiger partial charge < -0.3 is 4.90 Å². The SMILES string of the molecule is CCC1(CC)c2cc(-c3ccc(-c4nc5ccccc5n4-c4ccccc4)cc3)ccc2C2C1c1cc(-c3ccccn3)ccc1N2c1ccccc1. The summed E-state index contributed by atoms with van der Waals surface area (Å²) in [5.74, 6) is 1.27. The quantitative estimate of drug-likeness (QED) is 0.168. The van der Waals surface area contributed by atoms with E-state index in [1.165, 1.54) is 44.8 Å². The lowest BCUT2D eigenvalue weighted by molar-refractivity contribution is 0.328. The number of para-hydroxylation sites is 4. The molecular weight excluding hydrogens is 645 g/mol. The van der Waals surface area contributed by atoms with Gasteiger partial charge in [0.2, 0.25) is 0 Å². The summed E-state index contributed by atoms with van der Waals surface area (Å²) in [5.41, 5.74) is 15.9. The van der Waals surface area contributed by atoms with Crippen LogP contribution in [0.2, 0.25) is 0 Å². The van der Waals surface area contributed by atoms with Crippen molar-refractivity contribution in [3.63, 3.8) is 0 Å². The molecule has 3 heterocycles. The molecule has 0 bridgehead atoms. The lowest BCUT2D eigenvalue weighted by Gasteiger charge is -2.35. The van der Waals surface area contributed by atoms with Crippen molar-refractivity contribution in [1.29, 1.82) is 0 Å². The molecular formula is C49H40N4. The first-order chi connectivity index (χ1) is 26.2. The number of rotatable bonds is 7. The summed E-state index contributed by atoms with van der Waals surface area (Å²) in [6.45, 7) is 4.78. The van der Waals surface area contributed by atoms with Crippen molar-refractivity contribution in [3.8, 4) is 39.5 Å². The number of anilines is 2. The third-order valence-corrected chi connectivity index (χ3v) is 12.0. The second-order valence-electron chi connectivity index (χ2n) is 14.5. The molecule has 2 atom stereocenters. The Morgan fingerprint density at radius 2 is 1.23 bits per heavy atom. The highest BCUT2D eigenvalue weighted by atomic mass is 15.2. The standard InChI is InChI=1S/C49H40N4/c1-3-49(4-2)41-32-35(33-22-24-34(25-23-33)48-51-43-20-11-12-21-45(43)53(48)38-17-9-6-10-18-38)26-28-39(41)47-46(49)40-31-36(42-19-13-14-30-50-42)27-29-44(40)52(47)37-15-7-5-8-16-37/h5-32,46-47H,3-4H2,1-2H3. The van der Waals surface area contributed by atoms with Gasteiger partial charge in [-0.15, -0.1) is 0 Å². The van der Waals surface area contributed by atoms with Crippen molar-refractivity contribution in [3.05, 3.63) is 187 Å². The minimum atomic E-state index is -0.0164. The number of aromatic nitrogens is 3. The predicted octanol–water partition coefficient (Wildman–Crippen LogP) is 12.5. The number of nitrogens with zero attached hydrogens (tertiary/aromatic N) is 4. The molecule has 8 aromatic rings. The van der Waals surface area contributed by atoms with Crippen molar-refractivity contribution >= 4 is 22.4 Å². The van der Waals surface area contributed by atoms with Gasteiger partial charge >= 0.3 is 0 Å². The van der Waals surface area contributed by atoms with Crippen molar-refractivity contribution in [2.24, 2.45) is 0 Å². The summed E-state index contributed by atoms with van der Waals surface area (Å²) in [6, 6.07) is 59.6. The molecule has 2 unspecified atom stereocenters. The third kappa shape index (κ3) is 4.82. The maximum atomic E-state index is 5.11. The first kappa shape index (κ1) is 31.5. The smallest absolute Gasteiger partial charge is 0.145 e. The summed E-state index contributed by atoms with van der Waals surface area (Å²) in [7, 11) is 0. The van der Waals surface area contributed by atoms with E-state index in [2.05, 4.69) is 181 Å². The summed E-state index contributed by atoms with van der Waals surface area (Å²) in [6.07, 6.45) is 4.01. The summed E-state index contributed by atoms with van der Waals surface area (Å²) in [5, 5.41) is 0. The number of pyridine rings is 1. The average molecular weight is 685 g/mol. The number of hydrogen-bond acceptors (Lipinski definition) is 3. The Hall–Kier alpha value is -6.26. The molecule has 0 spiro atoms. The number of imidazole rings is 1. The van der Waals surface area contributed by atoms with Crippen LogP contribution in [0, 0.1) is 0 Å². The Morgan fingerprint density at radius 1 is 0.566 bits per heavy atom. The molecule has 10 rings (SSSR count). The zero-order valence-corrected chi connectivity index (χ0v) is 30.0. The maximum absolute atomic E-state index is 5.11. The zero-order chi connectivity index (χ0) is 35.5. The Labute approximate surface area is 311 Å². The van der Waals surface area contributed by atoms with E-state index in [1.54, 1.807) is 0 Å². The first-order valence-electron chi connectivity index (χ1n) is 18.9. The molecule has 1 aliphatic carbocycles. The van der Waals surface area contributed by atoms with Crippen LogP contribution in [0.3, 0.4) is 0 Å². The summed E-state index contributed by atoms with van der Waals surface area (Å²) >= 11 is 0. The highest BCUT2D eigenvalue weighted by Gasteiger charge is 2.57. The highest BCUT2D eigenvalue weighted by Crippen LogP contribution is 2.67. The van der Waals surface area contributed by atoms with Gasteiger partial charge in [0.1, 0.15) is 5.82 Å². The largest absolute Gasteiger partial charge is 0.333 e. The van der Waals surface area contributed by atoms with Gasteiger partial charge in [0.15, 0.2) is 0 Å². The molecule has 0 radical (unpaired) electrons. The van der Waals surface area contributed by atoms with E-state index in [1.807, 2.05) is 12.3 Å². The first-order valence-corrected chi connectivity index (χ1v) is 18.9. The van der Waals surface area contributed by atoms with Gasteiger partial charge in [0.05, 0.1) is 22.8 Å². The molecule has 53 heavy (non-hydrogen) atoms. The summed E-state index contributed by atoms with van der Waals surface area (Å²) in [4.78, 5) is 12.5. The van der Waals surface area contributed by atoms with Crippen molar-refractivity contribution in [1.82, 2.24) is 14.5 Å². The molecule has 256 valence electrons. The van der Waals surface area contributed by atoms with Gasteiger partial charge in [-0.3, -0.25) is 9.55 Å². The Morgan fingerprint density at radius 3 is 1.96 bits per heavy atom. The van der Waals surface area contributed by atoms with Gasteiger partial charge in [0, 0.05) is 45.7 Å².